The molecule has 0 unspecified atom stereocenters. The minimum atomic E-state index is -0.348. The number of nitrogens with zero attached hydrogens (tertiary/aromatic N) is 1. The zero-order valence-corrected chi connectivity index (χ0v) is 8.13. The van der Waals surface area contributed by atoms with Gasteiger partial charge in [-0.15, -0.1) is 11.6 Å². The van der Waals surface area contributed by atoms with E-state index in [1.54, 1.807) is 13.0 Å². The van der Waals surface area contributed by atoms with Gasteiger partial charge in [0, 0.05) is 5.57 Å². The summed E-state index contributed by atoms with van der Waals surface area (Å²) in [6, 6.07) is 0. The van der Waals surface area contributed by atoms with E-state index in [4.69, 9.17) is 40.2 Å². The summed E-state index contributed by atoms with van der Waals surface area (Å²) in [5.74, 6) is 0.267. The normalized spacial score (nSPS) is 13.5. The van der Waals surface area contributed by atoms with Gasteiger partial charge in [0.15, 0.2) is 0 Å². The summed E-state index contributed by atoms with van der Waals surface area (Å²) in [7, 11) is 0. The Kier molecular flexibility index (Phi) is 5.56. The van der Waals surface area contributed by atoms with Crippen molar-refractivity contribution in [1.29, 1.82) is 5.41 Å². The summed E-state index contributed by atoms with van der Waals surface area (Å²) < 4.78 is 0. The monoisotopic (exact) mass is 212 g/mol. The van der Waals surface area contributed by atoms with Crippen molar-refractivity contribution in [2.24, 2.45) is 4.99 Å². The van der Waals surface area contributed by atoms with Gasteiger partial charge in [0.05, 0.1) is 5.88 Å². The van der Waals surface area contributed by atoms with Gasteiger partial charge in [-0.2, -0.15) is 0 Å². The van der Waals surface area contributed by atoms with Crippen molar-refractivity contribution in [2.75, 3.05) is 5.88 Å². The minimum Gasteiger partial charge on any atom is -0.272 e. The van der Waals surface area contributed by atoms with Crippen LogP contribution in [0.3, 0.4) is 0 Å². The molecule has 1 N–H and O–H groups in total. The molecule has 0 spiro atoms. The average Bonchev–Trinajstić information content (AvgIpc) is 1.88. The van der Waals surface area contributed by atoms with Crippen LogP contribution >= 0.6 is 34.8 Å². The number of alkyl halides is 1. The number of nitrogens with one attached hydrogen (secondary N) is 1. The Morgan fingerprint density at radius 3 is 2.36 bits per heavy atom. The molecule has 0 saturated heterocycles. The Bertz CT molecular complexity index is 208. The van der Waals surface area contributed by atoms with Gasteiger partial charge in [0.1, 0.15) is 5.17 Å². The van der Waals surface area contributed by atoms with Crippen LogP contribution in [-0.4, -0.2) is 16.3 Å². The summed E-state index contributed by atoms with van der Waals surface area (Å²) in [4.78, 5) is 3.50. The standard InChI is InChI=1S/C6H7Cl3N2/c1-2-4(3-7)5(8)11-6(9)10/h2,10H,3H2,1H3/b4-2-,10-6?,11-5+. The van der Waals surface area contributed by atoms with Crippen molar-refractivity contribution in [3.63, 3.8) is 0 Å². The van der Waals surface area contributed by atoms with E-state index in [1.807, 2.05) is 0 Å². The number of rotatable bonds is 2. The van der Waals surface area contributed by atoms with Gasteiger partial charge in [-0.3, -0.25) is 5.41 Å². The molecule has 0 saturated carbocycles. The molecular formula is C6H7Cl3N2. The summed E-state index contributed by atoms with van der Waals surface area (Å²) in [6.45, 7) is 1.79. The zero-order valence-electron chi connectivity index (χ0n) is 5.87. The molecule has 0 amide bonds. The van der Waals surface area contributed by atoms with Gasteiger partial charge in [-0.05, 0) is 18.5 Å². The van der Waals surface area contributed by atoms with Crippen molar-refractivity contribution in [3.05, 3.63) is 11.6 Å². The predicted molar refractivity (Wildman–Crippen MR) is 51.3 cm³/mol. The molecule has 5 heteroatoms. The summed E-state index contributed by atoms with van der Waals surface area (Å²) in [6.07, 6.45) is 1.72. The van der Waals surface area contributed by atoms with Crippen molar-refractivity contribution in [1.82, 2.24) is 0 Å². The number of allylic oxidation sites excluding steroid dienone is 2. The molecule has 2 nitrogen and oxygen atoms in total. The number of amidine groups is 1. The van der Waals surface area contributed by atoms with E-state index in [0.29, 0.717) is 5.57 Å². The van der Waals surface area contributed by atoms with E-state index < -0.39 is 0 Å². The van der Waals surface area contributed by atoms with Crippen LogP contribution in [0.5, 0.6) is 0 Å². The van der Waals surface area contributed by atoms with Gasteiger partial charge in [0.25, 0.3) is 0 Å². The lowest BCUT2D eigenvalue weighted by Crippen LogP contribution is -1.97. The maximum Gasteiger partial charge on any atom is 0.216 e. The number of hydrogen-bond acceptors (Lipinski definition) is 1. The van der Waals surface area contributed by atoms with Crippen LogP contribution in [-0.2, 0) is 0 Å². The molecule has 0 rings (SSSR count). The van der Waals surface area contributed by atoms with E-state index in [9.17, 15) is 0 Å². The summed E-state index contributed by atoms with van der Waals surface area (Å²) >= 11 is 16.3. The van der Waals surface area contributed by atoms with E-state index in [2.05, 4.69) is 4.99 Å². The van der Waals surface area contributed by atoms with Gasteiger partial charge < -0.3 is 0 Å². The zero-order chi connectivity index (χ0) is 8.85. The highest BCUT2D eigenvalue weighted by atomic mass is 35.5. The molecular weight excluding hydrogens is 206 g/mol. The number of aliphatic imine (C=N–C) groups is 1. The number of halogens is 3. The summed E-state index contributed by atoms with van der Waals surface area (Å²) in [5, 5.41) is 6.61. The Balaban J connectivity index is 4.45. The maximum absolute atomic E-state index is 6.79. The largest absolute Gasteiger partial charge is 0.272 e. The van der Waals surface area contributed by atoms with Crippen LogP contribution in [0, 0.1) is 5.41 Å². The molecule has 0 aliphatic carbocycles. The summed E-state index contributed by atoms with van der Waals surface area (Å²) in [5.41, 5.74) is 0.665. The molecule has 0 aliphatic rings. The smallest absolute Gasteiger partial charge is 0.216 e. The second-order valence-electron chi connectivity index (χ2n) is 1.64. The predicted octanol–water partition coefficient (Wildman–Crippen LogP) is 2.98. The van der Waals surface area contributed by atoms with E-state index in [1.165, 1.54) is 0 Å². The fourth-order valence-electron chi connectivity index (χ4n) is 0.409. The third-order valence-electron chi connectivity index (χ3n) is 0.954. The first-order valence-corrected chi connectivity index (χ1v) is 4.10. The highest BCUT2D eigenvalue weighted by Crippen LogP contribution is 2.06. The average molecular weight is 213 g/mol. The van der Waals surface area contributed by atoms with E-state index >= 15 is 0 Å². The highest BCUT2D eigenvalue weighted by molar-refractivity contribution is 6.74. The van der Waals surface area contributed by atoms with Crippen LogP contribution in [0.15, 0.2) is 16.6 Å². The fourth-order valence-corrected chi connectivity index (χ4v) is 1.15. The molecule has 11 heavy (non-hydrogen) atoms. The molecule has 0 aliphatic heterocycles. The molecule has 0 heterocycles. The third-order valence-corrected chi connectivity index (χ3v) is 1.65. The Hall–Kier alpha value is -0.0500. The molecule has 0 aromatic carbocycles. The Morgan fingerprint density at radius 1 is 1.55 bits per heavy atom. The van der Waals surface area contributed by atoms with Gasteiger partial charge in [0.2, 0.25) is 5.29 Å². The van der Waals surface area contributed by atoms with Crippen LogP contribution in [0.2, 0.25) is 0 Å². The lowest BCUT2D eigenvalue weighted by Gasteiger charge is -1.96. The van der Waals surface area contributed by atoms with Crippen LogP contribution in [0.1, 0.15) is 6.92 Å². The van der Waals surface area contributed by atoms with Gasteiger partial charge in [-0.1, -0.05) is 17.7 Å². The van der Waals surface area contributed by atoms with Crippen molar-refractivity contribution in [3.8, 4) is 0 Å². The molecule has 62 valence electrons. The topological polar surface area (TPSA) is 36.2 Å². The molecule has 0 radical (unpaired) electrons. The molecule has 0 aromatic rings. The highest BCUT2D eigenvalue weighted by Gasteiger charge is 2.01. The van der Waals surface area contributed by atoms with Crippen LogP contribution in [0.25, 0.3) is 0 Å². The van der Waals surface area contributed by atoms with Crippen molar-refractivity contribution >= 4 is 45.3 Å². The number of hydrogen-bond donors (Lipinski definition) is 1. The van der Waals surface area contributed by atoms with E-state index in [0.717, 1.165) is 0 Å². The third kappa shape index (κ3) is 4.40. The quantitative estimate of drug-likeness (QED) is 0.317. The van der Waals surface area contributed by atoms with Crippen molar-refractivity contribution in [2.45, 2.75) is 6.92 Å². The fraction of sp³-hybridized carbons (Fsp3) is 0.333. The van der Waals surface area contributed by atoms with E-state index in [-0.39, 0.29) is 16.3 Å². The van der Waals surface area contributed by atoms with Crippen molar-refractivity contribution < 1.29 is 0 Å². The van der Waals surface area contributed by atoms with Crippen LogP contribution in [0.4, 0.5) is 0 Å². The van der Waals surface area contributed by atoms with Gasteiger partial charge >= 0.3 is 0 Å². The molecule has 0 atom stereocenters. The molecule has 0 bridgehead atoms. The Labute approximate surface area is 80.4 Å². The van der Waals surface area contributed by atoms with Gasteiger partial charge in [-0.25, -0.2) is 4.99 Å². The first-order chi connectivity index (χ1) is 5.11. The first-order valence-electron chi connectivity index (χ1n) is 2.81. The minimum absolute atomic E-state index is 0.169. The Morgan fingerprint density at radius 2 is 2.09 bits per heavy atom. The SMILES string of the molecule is C/C=C(CCl)\C(Cl)=N/C(=N)Cl. The lowest BCUT2D eigenvalue weighted by atomic mass is 10.3. The maximum atomic E-state index is 6.79. The molecule has 0 fully saturated rings. The second-order valence-corrected chi connectivity index (χ2v) is 2.62. The molecule has 0 aromatic heterocycles. The second kappa shape index (κ2) is 5.58. The lowest BCUT2D eigenvalue weighted by molar-refractivity contribution is 1.48. The first kappa shape index (κ1) is 11.0. The van der Waals surface area contributed by atoms with Crippen LogP contribution < -0.4 is 0 Å².